The lowest BCUT2D eigenvalue weighted by molar-refractivity contribution is -0.125. The molecule has 172 valence electrons. The van der Waals surface area contributed by atoms with Gasteiger partial charge >= 0.3 is 6.61 Å². The average molecular weight is 466 g/mol. The zero-order valence-corrected chi connectivity index (χ0v) is 18.7. The van der Waals surface area contributed by atoms with Crippen LogP contribution in [0.15, 0.2) is 48.5 Å². The number of ether oxygens (including phenoxy) is 1. The maximum atomic E-state index is 13.1. The van der Waals surface area contributed by atoms with Crippen LogP contribution in [-0.2, 0) is 4.79 Å². The Hall–Kier alpha value is -2.71. The SMILES string of the molecule is CN(C)C(CNC(=O)C1CCCN1C(=O)c1ccccc1OC(F)F)c1ccccc1Cl. The van der Waals surface area contributed by atoms with Gasteiger partial charge in [-0.2, -0.15) is 8.78 Å². The van der Waals surface area contributed by atoms with E-state index in [1.807, 2.05) is 37.2 Å². The standard InChI is InChI=1S/C23H26ClF2N3O3/c1-28(2)19(15-8-3-5-10-17(15)24)14-27-21(30)18-11-7-13-29(18)22(31)16-9-4-6-12-20(16)32-23(25)26/h3-6,8-10,12,18-19,23H,7,11,13-14H2,1-2H3,(H,27,30). The summed E-state index contributed by atoms with van der Waals surface area (Å²) in [4.78, 5) is 29.4. The van der Waals surface area contributed by atoms with Gasteiger partial charge in [-0.1, -0.05) is 41.9 Å². The van der Waals surface area contributed by atoms with Crippen molar-refractivity contribution in [2.75, 3.05) is 27.2 Å². The molecule has 32 heavy (non-hydrogen) atoms. The molecule has 2 atom stereocenters. The first-order valence-electron chi connectivity index (χ1n) is 10.3. The molecule has 2 unspecified atom stereocenters. The quantitative estimate of drug-likeness (QED) is 0.641. The summed E-state index contributed by atoms with van der Waals surface area (Å²) in [5.74, 6) is -0.999. The van der Waals surface area contributed by atoms with E-state index in [1.165, 1.54) is 23.1 Å². The Labute approximate surface area is 191 Å². The lowest BCUT2D eigenvalue weighted by atomic mass is 10.1. The van der Waals surface area contributed by atoms with Crippen molar-refractivity contribution in [3.63, 3.8) is 0 Å². The molecule has 2 aromatic carbocycles. The van der Waals surface area contributed by atoms with Gasteiger partial charge in [0.25, 0.3) is 5.91 Å². The van der Waals surface area contributed by atoms with Crippen molar-refractivity contribution in [1.82, 2.24) is 15.1 Å². The zero-order valence-electron chi connectivity index (χ0n) is 17.9. The van der Waals surface area contributed by atoms with E-state index in [1.54, 1.807) is 12.1 Å². The molecule has 1 aliphatic heterocycles. The second-order valence-corrected chi connectivity index (χ2v) is 8.18. The van der Waals surface area contributed by atoms with Crippen molar-refractivity contribution in [3.05, 3.63) is 64.7 Å². The van der Waals surface area contributed by atoms with Crippen molar-refractivity contribution in [2.45, 2.75) is 31.5 Å². The molecule has 1 aliphatic rings. The first-order chi connectivity index (χ1) is 15.3. The van der Waals surface area contributed by atoms with Crippen LogP contribution in [-0.4, -0.2) is 61.5 Å². The van der Waals surface area contributed by atoms with E-state index >= 15 is 0 Å². The number of nitrogens with zero attached hydrogens (tertiary/aromatic N) is 2. The fourth-order valence-electron chi connectivity index (χ4n) is 3.91. The molecule has 1 saturated heterocycles. The van der Waals surface area contributed by atoms with Crippen LogP contribution in [0, 0.1) is 0 Å². The van der Waals surface area contributed by atoms with Gasteiger partial charge in [0.1, 0.15) is 11.8 Å². The highest BCUT2D eigenvalue weighted by Crippen LogP contribution is 2.28. The molecule has 1 fully saturated rings. The molecule has 0 aromatic heterocycles. The second-order valence-electron chi connectivity index (χ2n) is 7.78. The molecule has 0 bridgehead atoms. The molecule has 2 aromatic rings. The van der Waals surface area contributed by atoms with Gasteiger partial charge in [-0.05, 0) is 50.7 Å². The van der Waals surface area contributed by atoms with Gasteiger partial charge in [-0.3, -0.25) is 9.59 Å². The van der Waals surface area contributed by atoms with E-state index in [4.69, 9.17) is 11.6 Å². The number of halogens is 3. The van der Waals surface area contributed by atoms with Crippen LogP contribution < -0.4 is 10.1 Å². The van der Waals surface area contributed by atoms with E-state index in [0.717, 1.165) is 5.56 Å². The van der Waals surface area contributed by atoms with Crippen molar-refractivity contribution in [3.8, 4) is 5.75 Å². The Bertz CT molecular complexity index is 958. The van der Waals surface area contributed by atoms with Crippen LogP contribution in [0.1, 0.15) is 34.8 Å². The summed E-state index contributed by atoms with van der Waals surface area (Å²) in [6.07, 6.45) is 1.14. The second kappa shape index (κ2) is 10.7. The largest absolute Gasteiger partial charge is 0.434 e. The lowest BCUT2D eigenvalue weighted by Crippen LogP contribution is -2.47. The van der Waals surface area contributed by atoms with E-state index in [9.17, 15) is 18.4 Å². The minimum atomic E-state index is -3.05. The summed E-state index contributed by atoms with van der Waals surface area (Å²) in [6.45, 7) is -2.38. The third-order valence-electron chi connectivity index (χ3n) is 5.51. The number of carbonyl (C=O) groups is 2. The van der Waals surface area contributed by atoms with Crippen LogP contribution in [0.2, 0.25) is 5.02 Å². The fourth-order valence-corrected chi connectivity index (χ4v) is 4.17. The monoisotopic (exact) mass is 465 g/mol. The molecular formula is C23H26ClF2N3O3. The number of hydrogen-bond donors (Lipinski definition) is 1. The van der Waals surface area contributed by atoms with Crippen molar-refractivity contribution < 1.29 is 23.1 Å². The normalized spacial score (nSPS) is 17.0. The number of hydrogen-bond acceptors (Lipinski definition) is 4. The Morgan fingerprint density at radius 2 is 1.88 bits per heavy atom. The first kappa shape index (κ1) is 23.9. The molecule has 0 spiro atoms. The van der Waals surface area contributed by atoms with E-state index in [2.05, 4.69) is 10.1 Å². The zero-order chi connectivity index (χ0) is 23.3. The first-order valence-corrected chi connectivity index (χ1v) is 10.7. The summed E-state index contributed by atoms with van der Waals surface area (Å²) in [5, 5.41) is 3.54. The number of nitrogens with one attached hydrogen (secondary N) is 1. The molecule has 0 aliphatic carbocycles. The van der Waals surface area contributed by atoms with Crippen molar-refractivity contribution >= 4 is 23.4 Å². The maximum absolute atomic E-state index is 13.1. The number of likely N-dealkylation sites (tertiary alicyclic amines) is 1. The maximum Gasteiger partial charge on any atom is 0.387 e. The summed E-state index contributed by atoms with van der Waals surface area (Å²) < 4.78 is 29.9. The van der Waals surface area contributed by atoms with Crippen LogP contribution in [0.4, 0.5) is 8.78 Å². The molecular weight excluding hydrogens is 440 g/mol. The van der Waals surface area contributed by atoms with Crippen LogP contribution in [0.3, 0.4) is 0 Å². The van der Waals surface area contributed by atoms with Gasteiger partial charge in [0.15, 0.2) is 0 Å². The number of likely N-dealkylation sites (N-methyl/N-ethyl adjacent to an activating group) is 1. The summed E-state index contributed by atoms with van der Waals surface area (Å²) in [7, 11) is 3.79. The molecule has 1 N–H and O–H groups in total. The summed E-state index contributed by atoms with van der Waals surface area (Å²) in [6, 6.07) is 12.4. The molecule has 3 rings (SSSR count). The van der Waals surface area contributed by atoms with Crippen LogP contribution in [0.25, 0.3) is 0 Å². The highest BCUT2D eigenvalue weighted by molar-refractivity contribution is 6.31. The third-order valence-corrected chi connectivity index (χ3v) is 5.85. The Kier molecular flexibility index (Phi) is 8.04. The minimum absolute atomic E-state index is 0.00901. The molecule has 9 heteroatoms. The summed E-state index contributed by atoms with van der Waals surface area (Å²) in [5.41, 5.74) is 0.895. The predicted octanol–water partition coefficient (Wildman–Crippen LogP) is 3.97. The molecule has 1 heterocycles. The van der Waals surface area contributed by atoms with Gasteiger partial charge in [0.2, 0.25) is 5.91 Å². The van der Waals surface area contributed by atoms with Gasteiger partial charge in [-0.25, -0.2) is 0 Å². The van der Waals surface area contributed by atoms with Crippen molar-refractivity contribution in [2.24, 2.45) is 0 Å². The van der Waals surface area contributed by atoms with E-state index in [0.29, 0.717) is 31.0 Å². The highest BCUT2D eigenvalue weighted by atomic mass is 35.5. The van der Waals surface area contributed by atoms with Gasteiger partial charge in [0.05, 0.1) is 11.6 Å². The number of amides is 2. The molecule has 6 nitrogen and oxygen atoms in total. The van der Waals surface area contributed by atoms with Gasteiger partial charge in [0, 0.05) is 18.1 Å². The Balaban J connectivity index is 1.72. The van der Waals surface area contributed by atoms with Crippen LogP contribution in [0.5, 0.6) is 5.75 Å². The van der Waals surface area contributed by atoms with Crippen LogP contribution >= 0.6 is 11.6 Å². The lowest BCUT2D eigenvalue weighted by Gasteiger charge is -2.28. The molecule has 0 saturated carbocycles. The average Bonchev–Trinajstić information content (AvgIpc) is 3.24. The molecule has 2 amide bonds. The van der Waals surface area contributed by atoms with Gasteiger partial charge in [-0.15, -0.1) is 0 Å². The number of alkyl halides is 2. The minimum Gasteiger partial charge on any atom is -0.434 e. The number of benzene rings is 2. The fraction of sp³-hybridized carbons (Fsp3) is 0.391. The number of rotatable bonds is 8. The smallest absolute Gasteiger partial charge is 0.387 e. The Morgan fingerprint density at radius 3 is 2.56 bits per heavy atom. The predicted molar refractivity (Wildman–Crippen MR) is 118 cm³/mol. The number of carbonyl (C=O) groups excluding carboxylic acids is 2. The Morgan fingerprint density at radius 1 is 1.19 bits per heavy atom. The van der Waals surface area contributed by atoms with E-state index in [-0.39, 0.29) is 23.3 Å². The topological polar surface area (TPSA) is 61.9 Å². The third kappa shape index (κ3) is 5.55. The summed E-state index contributed by atoms with van der Waals surface area (Å²) >= 11 is 6.33. The van der Waals surface area contributed by atoms with Gasteiger partial charge < -0.3 is 19.9 Å². The molecule has 0 radical (unpaired) electrons. The van der Waals surface area contributed by atoms with E-state index < -0.39 is 18.6 Å². The number of para-hydroxylation sites is 1. The highest BCUT2D eigenvalue weighted by Gasteiger charge is 2.36. The van der Waals surface area contributed by atoms with Crippen molar-refractivity contribution in [1.29, 1.82) is 0 Å².